The fourth-order valence-electron chi connectivity index (χ4n) is 6.99. The van der Waals surface area contributed by atoms with Crippen LogP contribution in [0.2, 0.25) is 9.26 Å². The number of benzene rings is 4. The molecule has 34 heavy (non-hydrogen) atoms. The number of hydrogen-bond acceptors (Lipinski definition) is 0. The molecule has 0 fully saturated rings. The minimum Gasteiger partial charge on any atom is -0.147 e. The Kier molecular flexibility index (Phi) is 6.48. The van der Waals surface area contributed by atoms with Gasteiger partial charge in [-0.15, -0.1) is 24.8 Å². The van der Waals surface area contributed by atoms with Crippen LogP contribution in [0, 0.1) is 0 Å². The first-order valence-electron chi connectivity index (χ1n) is 11.7. The number of rotatable bonds is 2. The Morgan fingerprint density at radius 3 is 1.38 bits per heavy atom. The van der Waals surface area contributed by atoms with Crippen molar-refractivity contribution < 1.29 is 17.4 Å². The first-order valence-corrected chi connectivity index (χ1v) is 25.0. The average Bonchev–Trinajstić information content (AvgIpc) is 3.30. The van der Waals surface area contributed by atoms with E-state index in [1.54, 1.807) is 28.8 Å². The predicted octanol–water partition coefficient (Wildman–Crippen LogP) is 8.44. The van der Waals surface area contributed by atoms with Crippen LogP contribution in [0.25, 0.3) is 28.1 Å². The van der Waals surface area contributed by atoms with Crippen LogP contribution in [-0.4, -0.2) is 6.88 Å². The molecule has 0 saturated heterocycles. The first-order chi connectivity index (χ1) is 15.2. The Labute approximate surface area is 217 Å². The third-order valence-corrected chi connectivity index (χ3v) is 23.3. The molecular weight excluding hydrogens is 551 g/mol. The van der Waals surface area contributed by atoms with Crippen LogP contribution in [0.5, 0.6) is 0 Å². The van der Waals surface area contributed by atoms with Crippen molar-refractivity contribution in [3.05, 3.63) is 106 Å². The zero-order valence-electron chi connectivity index (χ0n) is 20.4. The molecule has 0 aliphatic heterocycles. The van der Waals surface area contributed by atoms with E-state index in [2.05, 4.69) is 103 Å². The van der Waals surface area contributed by atoms with Gasteiger partial charge in [-0.05, 0) is 0 Å². The van der Waals surface area contributed by atoms with Crippen LogP contribution in [0.1, 0.15) is 36.1 Å². The number of halogens is 2. The fraction of sp³-hybridized carbons (Fsp3) is 0.200. The second-order valence-electron chi connectivity index (χ2n) is 11.0. The maximum atomic E-state index is 2.70. The summed E-state index contributed by atoms with van der Waals surface area (Å²) < 4.78 is 8.88. The molecule has 0 saturated carbocycles. The summed E-state index contributed by atoms with van der Waals surface area (Å²) in [4.78, 5) is 0. The molecule has 4 aromatic rings. The summed E-state index contributed by atoms with van der Waals surface area (Å²) >= 11 is -3.57. The minimum atomic E-state index is -3.57. The largest absolute Gasteiger partial charge is 0.147 e. The van der Waals surface area contributed by atoms with E-state index in [0.29, 0.717) is 0 Å². The minimum absolute atomic E-state index is 0. The van der Waals surface area contributed by atoms with Crippen molar-refractivity contribution in [2.75, 3.05) is 0 Å². The molecule has 0 unspecified atom stereocenters. The van der Waals surface area contributed by atoms with Gasteiger partial charge in [0.2, 0.25) is 0 Å². The Bertz CT molecular complexity index is 1500. The normalized spacial score (nSPS) is 15.3. The molecule has 2 aliphatic carbocycles. The second kappa shape index (κ2) is 8.59. The summed E-state index contributed by atoms with van der Waals surface area (Å²) in [5.74, 6) is 0. The number of allylic oxidation sites excluding steroid dienone is 2. The quantitative estimate of drug-likeness (QED) is 0.208. The molecule has 4 heteroatoms. The number of fused-ring (bicyclic) bond motifs is 6. The van der Waals surface area contributed by atoms with E-state index in [9.17, 15) is 0 Å². The second-order valence-corrected chi connectivity index (χ2v) is 39.2. The maximum Gasteiger partial charge on any atom is -0.147 e. The molecule has 2 aliphatic rings. The summed E-state index contributed by atoms with van der Waals surface area (Å²) in [5.41, 5.74) is 9.41. The van der Waals surface area contributed by atoms with Gasteiger partial charge in [0.05, 0.1) is 0 Å². The smallest absolute Gasteiger partial charge is 0.147 e. The van der Waals surface area contributed by atoms with E-state index < -0.39 is 17.4 Å². The van der Waals surface area contributed by atoms with Crippen molar-refractivity contribution >= 4 is 59.8 Å². The van der Waals surface area contributed by atoms with Crippen molar-refractivity contribution in [1.29, 1.82) is 0 Å². The molecule has 0 nitrogen and oxygen atoms in total. The van der Waals surface area contributed by atoms with E-state index in [0.717, 1.165) is 12.8 Å². The molecule has 4 aromatic carbocycles. The van der Waals surface area contributed by atoms with E-state index in [-0.39, 0.29) is 24.8 Å². The van der Waals surface area contributed by atoms with Gasteiger partial charge in [-0.3, -0.25) is 0 Å². The van der Waals surface area contributed by atoms with Gasteiger partial charge in [-0.1, -0.05) is 0 Å². The van der Waals surface area contributed by atoms with Crippen molar-refractivity contribution in [1.82, 2.24) is 0 Å². The molecule has 0 bridgehead atoms. The van der Waals surface area contributed by atoms with E-state index >= 15 is 0 Å². The monoisotopic (exact) mass is 580 g/mol. The van der Waals surface area contributed by atoms with Gasteiger partial charge >= 0.3 is 195 Å². The molecule has 0 radical (unpaired) electrons. The molecule has 0 amide bonds. The zero-order valence-corrected chi connectivity index (χ0v) is 25.9. The van der Waals surface area contributed by atoms with Crippen LogP contribution in [0.15, 0.2) is 83.9 Å². The molecule has 0 N–H and O–H groups in total. The summed E-state index contributed by atoms with van der Waals surface area (Å²) in [6.45, 7) is 7.22. The topological polar surface area (TPSA) is 0 Å². The predicted molar refractivity (Wildman–Crippen MR) is 155 cm³/mol. The van der Waals surface area contributed by atoms with Crippen molar-refractivity contribution in [2.45, 2.75) is 36.0 Å². The maximum absolute atomic E-state index is 3.57. The van der Waals surface area contributed by atoms with Crippen molar-refractivity contribution in [3.63, 3.8) is 0 Å². The van der Waals surface area contributed by atoms with Crippen LogP contribution in [0.3, 0.4) is 0 Å². The van der Waals surface area contributed by atoms with Gasteiger partial charge in [0.15, 0.2) is 0 Å². The number of hydrogen-bond donors (Lipinski definition) is 0. The fourth-order valence-corrected chi connectivity index (χ4v) is 25.8. The Balaban J connectivity index is 0.00000137. The average molecular weight is 583 g/mol. The summed E-state index contributed by atoms with van der Waals surface area (Å²) in [5, 5.41) is 5.63. The van der Waals surface area contributed by atoms with Gasteiger partial charge in [-0.2, -0.15) is 0 Å². The summed E-state index contributed by atoms with van der Waals surface area (Å²) in [6.07, 6.45) is 2.21. The molecule has 0 heterocycles. The Morgan fingerprint density at radius 1 is 0.588 bits per heavy atom. The van der Waals surface area contributed by atoms with Gasteiger partial charge in [0.1, 0.15) is 0 Å². The molecular formula is C30H32Cl2SiZr. The molecule has 0 spiro atoms. The van der Waals surface area contributed by atoms with Crippen LogP contribution in [-0.2, 0) is 30.2 Å². The van der Waals surface area contributed by atoms with Gasteiger partial charge in [-0.25, -0.2) is 0 Å². The summed E-state index contributed by atoms with van der Waals surface area (Å²) in [7, 11) is 0. The first kappa shape index (κ1) is 25.6. The van der Waals surface area contributed by atoms with Crippen molar-refractivity contribution in [2.24, 2.45) is 0 Å². The van der Waals surface area contributed by atoms with Crippen LogP contribution in [0.4, 0.5) is 0 Å². The zero-order chi connectivity index (χ0) is 22.3. The van der Waals surface area contributed by atoms with Crippen LogP contribution < -0.4 is 0 Å². The van der Waals surface area contributed by atoms with Crippen LogP contribution >= 0.6 is 24.8 Å². The molecule has 174 valence electrons. The standard InChI is InChI=1S/2C14H11.2CH3.2ClH.H2Si.Zr/c2*1-10-8-12-7-6-11-4-2-3-5-13(11)14(12)9-10;;;;;;/h2*2-7H,8H2,1H3;2*1H3;2*1H;1H2;. The van der Waals surface area contributed by atoms with E-state index in [4.69, 9.17) is 0 Å². The van der Waals surface area contributed by atoms with Gasteiger partial charge in [0.25, 0.3) is 0 Å². The van der Waals surface area contributed by atoms with Crippen molar-refractivity contribution in [3.8, 4) is 0 Å². The Morgan fingerprint density at radius 2 is 0.971 bits per heavy atom. The third kappa shape index (κ3) is 3.56. The van der Waals surface area contributed by atoms with Gasteiger partial charge in [0, 0.05) is 0 Å². The summed E-state index contributed by atoms with van der Waals surface area (Å²) in [6, 6.07) is 27.4. The Hall–Kier alpha value is -1.44. The van der Waals surface area contributed by atoms with Gasteiger partial charge < -0.3 is 0 Å². The SMILES string of the molecule is CC1=[C]([Zr]([CH3])([CH3])(=[SiH2])[C]2=C(C)Cc3ccc4ccccc4c32)c2c(ccc3ccccc23)C1.Cl.Cl. The van der Waals surface area contributed by atoms with E-state index in [1.807, 2.05) is 0 Å². The third-order valence-electron chi connectivity index (χ3n) is 7.90. The molecule has 0 atom stereocenters. The molecule has 0 aromatic heterocycles. The van der Waals surface area contributed by atoms with E-state index in [1.165, 1.54) is 32.7 Å². The molecule has 6 rings (SSSR count).